The van der Waals surface area contributed by atoms with Gasteiger partial charge in [-0.3, -0.25) is 4.98 Å². The van der Waals surface area contributed by atoms with Crippen molar-refractivity contribution in [2.75, 3.05) is 0 Å². The van der Waals surface area contributed by atoms with Gasteiger partial charge in [-0.2, -0.15) is 0 Å². The molecular weight excluding hydrogens is 314 g/mol. The number of ether oxygens (including phenoxy) is 1. The average Bonchev–Trinajstić information content (AvgIpc) is 3.19. The van der Waals surface area contributed by atoms with Gasteiger partial charge in [0.25, 0.3) is 0 Å². The molecule has 5 heteroatoms. The Bertz CT molecular complexity index is 936. The summed E-state index contributed by atoms with van der Waals surface area (Å²) < 4.78 is 11.5. The van der Waals surface area contributed by atoms with Gasteiger partial charge in [-0.1, -0.05) is 24.3 Å². The van der Waals surface area contributed by atoms with E-state index < -0.39 is 0 Å². The molecule has 0 aliphatic carbocycles. The van der Waals surface area contributed by atoms with Crippen LogP contribution in [0.25, 0.3) is 22.9 Å². The van der Waals surface area contributed by atoms with E-state index in [-0.39, 0.29) is 0 Å². The summed E-state index contributed by atoms with van der Waals surface area (Å²) >= 11 is 0. The van der Waals surface area contributed by atoms with Crippen LogP contribution in [0.5, 0.6) is 5.75 Å². The van der Waals surface area contributed by atoms with Crippen LogP contribution in [0.1, 0.15) is 5.56 Å². The highest BCUT2D eigenvalue weighted by Gasteiger charge is 2.10. The first kappa shape index (κ1) is 15.1. The molecule has 0 N–H and O–H groups in total. The van der Waals surface area contributed by atoms with E-state index in [0.717, 1.165) is 22.4 Å². The minimum absolute atomic E-state index is 0.478. The van der Waals surface area contributed by atoms with Crippen molar-refractivity contribution in [3.8, 4) is 28.7 Å². The molecule has 0 unspecified atom stereocenters. The van der Waals surface area contributed by atoms with Crippen LogP contribution in [0, 0.1) is 0 Å². The summed E-state index contributed by atoms with van der Waals surface area (Å²) in [5.74, 6) is 1.76. The van der Waals surface area contributed by atoms with Crippen molar-refractivity contribution in [3.05, 3.63) is 84.7 Å². The van der Waals surface area contributed by atoms with Crippen molar-refractivity contribution in [3.63, 3.8) is 0 Å². The van der Waals surface area contributed by atoms with Crippen LogP contribution >= 0.6 is 0 Å². The molecule has 0 bridgehead atoms. The Hall–Kier alpha value is -3.47. The molecule has 2 aromatic heterocycles. The van der Waals surface area contributed by atoms with Gasteiger partial charge >= 0.3 is 0 Å². The lowest BCUT2D eigenvalue weighted by molar-refractivity contribution is 0.306. The molecule has 5 nitrogen and oxygen atoms in total. The molecule has 0 saturated carbocycles. The number of nitrogens with zero attached hydrogens (tertiary/aromatic N) is 3. The maximum absolute atomic E-state index is 5.75. The molecule has 0 fully saturated rings. The molecule has 4 rings (SSSR count). The largest absolute Gasteiger partial charge is 0.489 e. The Balaban J connectivity index is 1.46. The summed E-state index contributed by atoms with van der Waals surface area (Å²) in [6.07, 6.45) is 3.53. The third kappa shape index (κ3) is 3.55. The molecule has 0 aliphatic heterocycles. The Morgan fingerprint density at radius 3 is 2.16 bits per heavy atom. The Morgan fingerprint density at radius 2 is 1.48 bits per heavy atom. The van der Waals surface area contributed by atoms with Crippen LogP contribution in [0.2, 0.25) is 0 Å². The van der Waals surface area contributed by atoms with Gasteiger partial charge in [-0.15, -0.1) is 10.2 Å². The predicted molar refractivity (Wildman–Crippen MR) is 93.7 cm³/mol. The molecule has 0 amide bonds. The van der Waals surface area contributed by atoms with Crippen LogP contribution in [0.15, 0.2) is 83.5 Å². The maximum atomic E-state index is 5.75. The number of benzene rings is 2. The fraction of sp³-hybridized carbons (Fsp3) is 0.0500. The molecule has 0 atom stereocenters. The van der Waals surface area contributed by atoms with Gasteiger partial charge in [0.05, 0.1) is 0 Å². The normalized spacial score (nSPS) is 10.6. The van der Waals surface area contributed by atoms with E-state index >= 15 is 0 Å². The van der Waals surface area contributed by atoms with E-state index in [1.807, 2.05) is 66.7 Å². The molecule has 0 saturated heterocycles. The Morgan fingerprint density at radius 1 is 0.760 bits per heavy atom. The molecule has 122 valence electrons. The first-order valence-corrected chi connectivity index (χ1v) is 7.89. The zero-order valence-electron chi connectivity index (χ0n) is 13.4. The zero-order chi connectivity index (χ0) is 16.9. The minimum atomic E-state index is 0.478. The van der Waals surface area contributed by atoms with E-state index in [0.29, 0.717) is 18.4 Å². The lowest BCUT2D eigenvalue weighted by atomic mass is 10.2. The molecule has 2 heterocycles. The number of rotatable bonds is 5. The van der Waals surface area contributed by atoms with Crippen molar-refractivity contribution in [2.24, 2.45) is 0 Å². The molecule has 0 spiro atoms. The fourth-order valence-electron chi connectivity index (χ4n) is 2.38. The van der Waals surface area contributed by atoms with E-state index in [4.69, 9.17) is 9.15 Å². The second-order valence-electron chi connectivity index (χ2n) is 5.45. The quantitative estimate of drug-likeness (QED) is 0.544. The minimum Gasteiger partial charge on any atom is -0.489 e. The van der Waals surface area contributed by atoms with Crippen molar-refractivity contribution in [2.45, 2.75) is 6.61 Å². The first-order chi connectivity index (χ1) is 12.4. The van der Waals surface area contributed by atoms with Crippen LogP contribution in [-0.4, -0.2) is 15.2 Å². The number of hydrogen-bond acceptors (Lipinski definition) is 5. The van der Waals surface area contributed by atoms with Crippen LogP contribution in [0.3, 0.4) is 0 Å². The fourth-order valence-corrected chi connectivity index (χ4v) is 2.38. The molecule has 2 aromatic carbocycles. The summed E-state index contributed by atoms with van der Waals surface area (Å²) in [7, 11) is 0. The second-order valence-corrected chi connectivity index (χ2v) is 5.45. The summed E-state index contributed by atoms with van der Waals surface area (Å²) in [4.78, 5) is 4.07. The Kier molecular flexibility index (Phi) is 4.20. The molecular formula is C20H15N3O2. The lowest BCUT2D eigenvalue weighted by Crippen LogP contribution is -1.95. The first-order valence-electron chi connectivity index (χ1n) is 7.89. The molecule has 4 aromatic rings. The molecule has 0 aliphatic rings. The molecule has 25 heavy (non-hydrogen) atoms. The monoisotopic (exact) mass is 329 g/mol. The third-order valence-electron chi connectivity index (χ3n) is 3.68. The standard InChI is InChI=1S/C20H15N3O2/c1-2-6-16(7-3-1)19-22-23-20(25-19)17-8-10-18(11-9-17)24-14-15-5-4-12-21-13-15/h1-13H,14H2. The SMILES string of the molecule is c1ccc(-c2nnc(-c3ccc(OCc4cccnc4)cc3)o2)cc1. The van der Waals surface area contributed by atoms with E-state index in [9.17, 15) is 0 Å². The Labute approximate surface area is 145 Å². The van der Waals surface area contributed by atoms with Crippen molar-refractivity contribution in [1.29, 1.82) is 0 Å². The van der Waals surface area contributed by atoms with Crippen LogP contribution < -0.4 is 4.74 Å². The summed E-state index contributed by atoms with van der Waals surface area (Å²) in [5.41, 5.74) is 2.78. The maximum Gasteiger partial charge on any atom is 0.248 e. The average molecular weight is 329 g/mol. The van der Waals surface area contributed by atoms with Gasteiger partial charge in [0.15, 0.2) is 0 Å². The van der Waals surface area contributed by atoms with Crippen molar-refractivity contribution >= 4 is 0 Å². The number of aromatic nitrogens is 3. The number of hydrogen-bond donors (Lipinski definition) is 0. The van der Waals surface area contributed by atoms with Crippen molar-refractivity contribution in [1.82, 2.24) is 15.2 Å². The zero-order valence-corrected chi connectivity index (χ0v) is 13.4. The predicted octanol–water partition coefficient (Wildman–Crippen LogP) is 4.38. The highest BCUT2D eigenvalue weighted by atomic mass is 16.5. The summed E-state index contributed by atoms with van der Waals surface area (Å²) in [5, 5.41) is 8.23. The highest BCUT2D eigenvalue weighted by molar-refractivity contribution is 5.58. The third-order valence-corrected chi connectivity index (χ3v) is 3.68. The highest BCUT2D eigenvalue weighted by Crippen LogP contribution is 2.25. The van der Waals surface area contributed by atoms with Crippen LogP contribution in [0.4, 0.5) is 0 Å². The van der Waals surface area contributed by atoms with Crippen LogP contribution in [-0.2, 0) is 6.61 Å². The summed E-state index contributed by atoms with van der Waals surface area (Å²) in [6, 6.07) is 21.1. The van der Waals surface area contributed by atoms with Gasteiger partial charge in [-0.05, 0) is 42.5 Å². The topological polar surface area (TPSA) is 61.0 Å². The van der Waals surface area contributed by atoms with E-state index in [1.165, 1.54) is 0 Å². The van der Waals surface area contributed by atoms with E-state index in [1.54, 1.807) is 12.4 Å². The number of pyridine rings is 1. The molecule has 0 radical (unpaired) electrons. The van der Waals surface area contributed by atoms with Gasteiger partial charge in [0.1, 0.15) is 12.4 Å². The lowest BCUT2D eigenvalue weighted by Gasteiger charge is -2.06. The van der Waals surface area contributed by atoms with E-state index in [2.05, 4.69) is 15.2 Å². The van der Waals surface area contributed by atoms with Crippen molar-refractivity contribution < 1.29 is 9.15 Å². The van der Waals surface area contributed by atoms with Gasteiger partial charge < -0.3 is 9.15 Å². The smallest absolute Gasteiger partial charge is 0.248 e. The van der Waals surface area contributed by atoms with Gasteiger partial charge in [0, 0.05) is 29.1 Å². The second kappa shape index (κ2) is 6.97. The van der Waals surface area contributed by atoms with Gasteiger partial charge in [0.2, 0.25) is 11.8 Å². The van der Waals surface area contributed by atoms with Gasteiger partial charge in [-0.25, -0.2) is 0 Å². The summed E-state index contributed by atoms with van der Waals surface area (Å²) in [6.45, 7) is 0.478.